The minimum absolute atomic E-state index is 0.0696. The molecule has 0 aromatic heterocycles. The average Bonchev–Trinajstić information content (AvgIpc) is 2.78. The highest BCUT2D eigenvalue weighted by atomic mass is 16.6. The summed E-state index contributed by atoms with van der Waals surface area (Å²) >= 11 is 0. The van der Waals surface area contributed by atoms with Crippen molar-refractivity contribution in [2.75, 3.05) is 13.2 Å². The SMILES string of the molecule is OC(O)(CCC1CO1)CC1CO1. The van der Waals surface area contributed by atoms with E-state index in [2.05, 4.69) is 0 Å². The number of hydrogen-bond acceptors (Lipinski definition) is 4. The summed E-state index contributed by atoms with van der Waals surface area (Å²) in [6, 6.07) is 0. The van der Waals surface area contributed by atoms with E-state index in [4.69, 9.17) is 9.47 Å². The smallest absolute Gasteiger partial charge is 0.165 e. The molecule has 4 nitrogen and oxygen atoms in total. The van der Waals surface area contributed by atoms with Crippen LogP contribution in [0.15, 0.2) is 0 Å². The standard InChI is InChI=1S/C8H14O4/c9-8(10,3-7-5-12-7)2-1-6-4-11-6/h6-7,9-10H,1-5H2. The molecule has 2 N–H and O–H groups in total. The lowest BCUT2D eigenvalue weighted by molar-refractivity contribution is -0.174. The number of epoxide rings is 2. The van der Waals surface area contributed by atoms with Crippen LogP contribution in [-0.2, 0) is 9.47 Å². The lowest BCUT2D eigenvalue weighted by atomic mass is 10.0. The van der Waals surface area contributed by atoms with Gasteiger partial charge in [0.15, 0.2) is 5.79 Å². The van der Waals surface area contributed by atoms with Gasteiger partial charge >= 0.3 is 0 Å². The van der Waals surface area contributed by atoms with Crippen molar-refractivity contribution >= 4 is 0 Å². The second-order valence-electron chi connectivity index (χ2n) is 3.64. The summed E-state index contributed by atoms with van der Waals surface area (Å²) in [5, 5.41) is 18.8. The fourth-order valence-corrected chi connectivity index (χ4v) is 1.28. The molecule has 2 rings (SSSR count). The number of aliphatic hydroxyl groups is 2. The Balaban J connectivity index is 1.66. The van der Waals surface area contributed by atoms with Gasteiger partial charge < -0.3 is 19.7 Å². The van der Waals surface area contributed by atoms with Crippen LogP contribution in [0.25, 0.3) is 0 Å². The van der Waals surface area contributed by atoms with Crippen LogP contribution in [-0.4, -0.2) is 41.4 Å². The van der Waals surface area contributed by atoms with Crippen molar-refractivity contribution in [2.45, 2.75) is 37.3 Å². The molecule has 0 aromatic rings. The molecule has 0 bridgehead atoms. The Bertz CT molecular complexity index is 160. The molecule has 2 aliphatic heterocycles. The van der Waals surface area contributed by atoms with Gasteiger partial charge in [0.05, 0.1) is 25.4 Å². The van der Waals surface area contributed by atoms with E-state index in [0.717, 1.165) is 13.0 Å². The highest BCUT2D eigenvalue weighted by Crippen LogP contribution is 2.27. The molecule has 0 amide bonds. The summed E-state index contributed by atoms with van der Waals surface area (Å²) in [5.74, 6) is -1.55. The lowest BCUT2D eigenvalue weighted by Crippen LogP contribution is -2.30. The topological polar surface area (TPSA) is 65.5 Å². The molecule has 2 saturated heterocycles. The second kappa shape index (κ2) is 2.96. The van der Waals surface area contributed by atoms with E-state index in [1.165, 1.54) is 0 Å². The quantitative estimate of drug-likeness (QED) is 0.441. The Kier molecular flexibility index (Phi) is 2.08. The Morgan fingerprint density at radius 1 is 1.17 bits per heavy atom. The third-order valence-corrected chi connectivity index (χ3v) is 2.23. The summed E-state index contributed by atoms with van der Waals surface area (Å²) in [6.45, 7) is 1.44. The van der Waals surface area contributed by atoms with Crippen LogP contribution in [0, 0.1) is 0 Å². The van der Waals surface area contributed by atoms with Crippen molar-refractivity contribution in [3.8, 4) is 0 Å². The Labute approximate surface area is 71.1 Å². The molecule has 2 unspecified atom stereocenters. The van der Waals surface area contributed by atoms with Crippen LogP contribution in [0.5, 0.6) is 0 Å². The molecular formula is C8H14O4. The van der Waals surface area contributed by atoms with Crippen molar-refractivity contribution in [1.82, 2.24) is 0 Å². The summed E-state index contributed by atoms with van der Waals surface area (Å²) < 4.78 is 9.89. The first-order valence-corrected chi connectivity index (χ1v) is 4.34. The molecule has 12 heavy (non-hydrogen) atoms. The predicted molar refractivity (Wildman–Crippen MR) is 40.5 cm³/mol. The van der Waals surface area contributed by atoms with Crippen molar-refractivity contribution in [1.29, 1.82) is 0 Å². The van der Waals surface area contributed by atoms with Crippen LogP contribution < -0.4 is 0 Å². The van der Waals surface area contributed by atoms with Crippen LogP contribution in [0.2, 0.25) is 0 Å². The number of ether oxygens (including phenoxy) is 2. The van der Waals surface area contributed by atoms with E-state index in [-0.39, 0.29) is 12.2 Å². The lowest BCUT2D eigenvalue weighted by Gasteiger charge is -2.19. The van der Waals surface area contributed by atoms with E-state index in [1.54, 1.807) is 0 Å². The van der Waals surface area contributed by atoms with Crippen LogP contribution >= 0.6 is 0 Å². The average molecular weight is 174 g/mol. The molecule has 2 fully saturated rings. The molecular weight excluding hydrogens is 160 g/mol. The summed E-state index contributed by atoms with van der Waals surface area (Å²) in [7, 11) is 0. The zero-order chi connectivity index (χ0) is 8.60. The Morgan fingerprint density at radius 2 is 1.75 bits per heavy atom. The largest absolute Gasteiger partial charge is 0.373 e. The van der Waals surface area contributed by atoms with Crippen LogP contribution in [0.1, 0.15) is 19.3 Å². The summed E-state index contributed by atoms with van der Waals surface area (Å²) in [5.41, 5.74) is 0. The van der Waals surface area contributed by atoms with Crippen molar-refractivity contribution in [2.24, 2.45) is 0 Å². The van der Waals surface area contributed by atoms with E-state index >= 15 is 0 Å². The molecule has 0 radical (unpaired) electrons. The van der Waals surface area contributed by atoms with Gasteiger partial charge in [-0.05, 0) is 6.42 Å². The molecule has 2 heterocycles. The number of rotatable bonds is 5. The van der Waals surface area contributed by atoms with Gasteiger partial charge in [-0.2, -0.15) is 0 Å². The maximum atomic E-state index is 9.42. The first-order chi connectivity index (χ1) is 5.66. The summed E-state index contributed by atoms with van der Waals surface area (Å²) in [6.07, 6.45) is 1.79. The van der Waals surface area contributed by atoms with Gasteiger partial charge in [-0.1, -0.05) is 0 Å². The van der Waals surface area contributed by atoms with E-state index in [0.29, 0.717) is 19.4 Å². The molecule has 0 aromatic carbocycles. The van der Waals surface area contributed by atoms with E-state index in [1.807, 2.05) is 0 Å². The zero-order valence-corrected chi connectivity index (χ0v) is 6.90. The molecule has 0 aliphatic carbocycles. The van der Waals surface area contributed by atoms with Crippen molar-refractivity contribution < 1.29 is 19.7 Å². The highest BCUT2D eigenvalue weighted by molar-refractivity contribution is 4.80. The van der Waals surface area contributed by atoms with Crippen LogP contribution in [0.4, 0.5) is 0 Å². The van der Waals surface area contributed by atoms with Gasteiger partial charge in [0.2, 0.25) is 0 Å². The maximum absolute atomic E-state index is 9.42. The minimum Gasteiger partial charge on any atom is -0.373 e. The van der Waals surface area contributed by atoms with Gasteiger partial charge in [-0.15, -0.1) is 0 Å². The molecule has 2 atom stereocenters. The van der Waals surface area contributed by atoms with Crippen LogP contribution in [0.3, 0.4) is 0 Å². The zero-order valence-electron chi connectivity index (χ0n) is 6.90. The Morgan fingerprint density at radius 3 is 2.25 bits per heavy atom. The second-order valence-corrected chi connectivity index (χ2v) is 3.64. The van der Waals surface area contributed by atoms with Crippen molar-refractivity contribution in [3.05, 3.63) is 0 Å². The summed E-state index contributed by atoms with van der Waals surface area (Å²) in [4.78, 5) is 0. The normalized spacial score (nSPS) is 33.5. The first kappa shape index (κ1) is 8.44. The van der Waals surface area contributed by atoms with E-state index < -0.39 is 5.79 Å². The third-order valence-electron chi connectivity index (χ3n) is 2.23. The predicted octanol–water partition coefficient (Wildman–Crippen LogP) is -0.365. The fraction of sp³-hybridized carbons (Fsp3) is 1.00. The number of hydrogen-bond donors (Lipinski definition) is 2. The van der Waals surface area contributed by atoms with Gasteiger partial charge in [0.1, 0.15) is 0 Å². The van der Waals surface area contributed by atoms with E-state index in [9.17, 15) is 10.2 Å². The van der Waals surface area contributed by atoms with Gasteiger partial charge in [0.25, 0.3) is 0 Å². The highest BCUT2D eigenvalue weighted by Gasteiger charge is 2.36. The third kappa shape index (κ3) is 2.71. The first-order valence-electron chi connectivity index (χ1n) is 4.34. The molecule has 70 valence electrons. The van der Waals surface area contributed by atoms with Gasteiger partial charge in [-0.25, -0.2) is 0 Å². The molecule has 0 spiro atoms. The molecule has 4 heteroatoms. The van der Waals surface area contributed by atoms with Gasteiger partial charge in [-0.3, -0.25) is 0 Å². The molecule has 0 saturated carbocycles. The monoisotopic (exact) mass is 174 g/mol. The fourth-order valence-electron chi connectivity index (χ4n) is 1.28. The van der Waals surface area contributed by atoms with Gasteiger partial charge in [0, 0.05) is 12.8 Å². The van der Waals surface area contributed by atoms with Crippen molar-refractivity contribution in [3.63, 3.8) is 0 Å². The maximum Gasteiger partial charge on any atom is 0.165 e. The minimum atomic E-state index is -1.55. The Hall–Kier alpha value is -0.160. The molecule has 2 aliphatic rings.